The van der Waals surface area contributed by atoms with Gasteiger partial charge < -0.3 is 15.2 Å². The Morgan fingerprint density at radius 2 is 2.10 bits per heavy atom. The van der Waals surface area contributed by atoms with Crippen molar-refractivity contribution in [3.8, 4) is 0 Å². The van der Waals surface area contributed by atoms with Crippen LogP contribution in [0.25, 0.3) is 0 Å². The number of halogens is 2. The van der Waals surface area contributed by atoms with Crippen LogP contribution in [0.5, 0.6) is 0 Å². The highest BCUT2D eigenvalue weighted by Gasteiger charge is 2.15. The maximum absolute atomic E-state index is 13.1. The maximum Gasteiger partial charge on any atom is 0.137 e. The van der Waals surface area contributed by atoms with Crippen LogP contribution in [0.2, 0.25) is 0 Å². The van der Waals surface area contributed by atoms with Gasteiger partial charge in [0.05, 0.1) is 23.3 Å². The summed E-state index contributed by atoms with van der Waals surface area (Å²) >= 11 is 3.13. The van der Waals surface area contributed by atoms with Crippen molar-refractivity contribution in [1.82, 2.24) is 0 Å². The molecule has 0 aliphatic heterocycles. The van der Waals surface area contributed by atoms with Gasteiger partial charge in [0.1, 0.15) is 5.82 Å². The molecule has 0 spiro atoms. The fraction of sp³-hybridized carbons (Fsp3) is 0.600. The van der Waals surface area contributed by atoms with Gasteiger partial charge in [-0.15, -0.1) is 0 Å². The number of ether oxygens (including phenoxy) is 1. The van der Waals surface area contributed by atoms with E-state index in [-0.39, 0.29) is 5.82 Å². The quantitative estimate of drug-likeness (QED) is 0.825. The molecule has 1 atom stereocenters. The molecule has 2 N–H and O–H groups in total. The molecule has 5 heteroatoms. The van der Waals surface area contributed by atoms with E-state index >= 15 is 0 Å². The van der Waals surface area contributed by atoms with Crippen molar-refractivity contribution in [2.24, 2.45) is 0 Å². The molecule has 112 valence electrons. The van der Waals surface area contributed by atoms with E-state index in [4.69, 9.17) is 4.74 Å². The molecule has 1 aliphatic carbocycles. The van der Waals surface area contributed by atoms with Crippen molar-refractivity contribution >= 4 is 21.6 Å². The number of rotatable bonds is 6. The van der Waals surface area contributed by atoms with Crippen molar-refractivity contribution in [3.63, 3.8) is 0 Å². The molecule has 0 aromatic heterocycles. The van der Waals surface area contributed by atoms with Gasteiger partial charge in [0.15, 0.2) is 0 Å². The molecule has 1 unspecified atom stereocenters. The first-order chi connectivity index (χ1) is 9.65. The van der Waals surface area contributed by atoms with Crippen LogP contribution in [0.3, 0.4) is 0 Å². The molecule has 0 amide bonds. The van der Waals surface area contributed by atoms with Crippen LogP contribution in [-0.4, -0.2) is 30.5 Å². The molecule has 1 aromatic rings. The van der Waals surface area contributed by atoms with Crippen molar-refractivity contribution < 1.29 is 14.2 Å². The third kappa shape index (κ3) is 5.04. The molecule has 0 radical (unpaired) electrons. The number of benzene rings is 1. The predicted octanol–water partition coefficient (Wildman–Crippen LogP) is 3.71. The zero-order valence-electron chi connectivity index (χ0n) is 11.4. The minimum Gasteiger partial charge on any atom is -0.389 e. The Morgan fingerprint density at radius 1 is 1.35 bits per heavy atom. The fourth-order valence-electron chi connectivity index (χ4n) is 2.38. The Labute approximate surface area is 127 Å². The van der Waals surface area contributed by atoms with Gasteiger partial charge in [-0.3, -0.25) is 0 Å². The number of nitrogens with one attached hydrogen (secondary N) is 1. The van der Waals surface area contributed by atoms with E-state index in [1.54, 1.807) is 12.1 Å². The van der Waals surface area contributed by atoms with Crippen molar-refractivity contribution in [3.05, 3.63) is 28.5 Å². The summed E-state index contributed by atoms with van der Waals surface area (Å²) in [7, 11) is 0. The van der Waals surface area contributed by atoms with E-state index in [1.807, 2.05) is 0 Å². The summed E-state index contributed by atoms with van der Waals surface area (Å²) in [6.45, 7) is 0.741. The molecule has 3 nitrogen and oxygen atoms in total. The molecule has 0 heterocycles. The second-order valence-corrected chi connectivity index (χ2v) is 6.11. The van der Waals surface area contributed by atoms with Gasteiger partial charge in [-0.2, -0.15) is 0 Å². The lowest BCUT2D eigenvalue weighted by atomic mass is 9.98. The van der Waals surface area contributed by atoms with Crippen molar-refractivity contribution in [2.75, 3.05) is 18.5 Å². The molecule has 1 aliphatic rings. The van der Waals surface area contributed by atoms with Crippen molar-refractivity contribution in [2.45, 2.75) is 44.3 Å². The average molecular weight is 346 g/mol. The SMILES string of the molecule is OC(CNc1ccc(F)c(Br)c1)COC1CCCCC1. The van der Waals surface area contributed by atoms with Crippen LogP contribution in [0.15, 0.2) is 22.7 Å². The molecular formula is C15H21BrFNO2. The molecule has 0 bridgehead atoms. The van der Waals surface area contributed by atoms with Gasteiger partial charge in [-0.05, 0) is 47.0 Å². The number of hydrogen-bond acceptors (Lipinski definition) is 3. The summed E-state index contributed by atoms with van der Waals surface area (Å²) in [5.41, 5.74) is 0.773. The Balaban J connectivity index is 1.68. The van der Waals surface area contributed by atoms with Crippen molar-refractivity contribution in [1.29, 1.82) is 0 Å². The summed E-state index contributed by atoms with van der Waals surface area (Å²) in [5.74, 6) is -0.295. The lowest BCUT2D eigenvalue weighted by molar-refractivity contribution is -0.0195. The Hall–Kier alpha value is -0.650. The first-order valence-corrected chi connectivity index (χ1v) is 7.93. The second kappa shape index (κ2) is 7.96. The van der Waals surface area contributed by atoms with Gasteiger partial charge in [0.2, 0.25) is 0 Å². The average Bonchev–Trinajstić information content (AvgIpc) is 2.47. The van der Waals surface area contributed by atoms with Gasteiger partial charge in [-0.1, -0.05) is 19.3 Å². The fourth-order valence-corrected chi connectivity index (χ4v) is 2.76. The van der Waals surface area contributed by atoms with Crippen LogP contribution in [-0.2, 0) is 4.74 Å². The standard InChI is InChI=1S/C15H21BrFNO2/c16-14-8-11(6-7-15(14)17)18-9-12(19)10-20-13-4-2-1-3-5-13/h6-8,12-13,18-19H,1-5,9-10H2. The molecular weight excluding hydrogens is 325 g/mol. The highest BCUT2D eigenvalue weighted by Crippen LogP contribution is 2.21. The summed E-state index contributed by atoms with van der Waals surface area (Å²) in [6.07, 6.45) is 5.70. The number of aliphatic hydroxyl groups is 1. The monoisotopic (exact) mass is 345 g/mol. The molecule has 1 saturated carbocycles. The van der Waals surface area contributed by atoms with E-state index in [9.17, 15) is 9.50 Å². The number of aliphatic hydroxyl groups excluding tert-OH is 1. The molecule has 0 saturated heterocycles. The third-order valence-corrected chi connectivity index (χ3v) is 4.15. The summed E-state index contributed by atoms with van der Waals surface area (Å²) in [5, 5.41) is 13.0. The van der Waals surface area contributed by atoms with Crippen LogP contribution in [0.4, 0.5) is 10.1 Å². The first kappa shape index (κ1) is 15.7. The van der Waals surface area contributed by atoms with Gasteiger partial charge in [0.25, 0.3) is 0 Å². The van der Waals surface area contributed by atoms with E-state index in [0.29, 0.717) is 23.7 Å². The van der Waals surface area contributed by atoms with Crippen LogP contribution in [0.1, 0.15) is 32.1 Å². The highest BCUT2D eigenvalue weighted by atomic mass is 79.9. The van der Waals surface area contributed by atoms with Crippen LogP contribution in [0, 0.1) is 5.82 Å². The Morgan fingerprint density at radius 3 is 2.80 bits per heavy atom. The zero-order valence-corrected chi connectivity index (χ0v) is 13.0. The summed E-state index contributed by atoms with van der Waals surface area (Å²) in [6, 6.07) is 4.69. The smallest absolute Gasteiger partial charge is 0.137 e. The molecule has 2 rings (SSSR count). The Kier molecular flexibility index (Phi) is 6.26. The van der Waals surface area contributed by atoms with E-state index < -0.39 is 6.10 Å². The molecule has 20 heavy (non-hydrogen) atoms. The number of hydrogen-bond donors (Lipinski definition) is 2. The van der Waals surface area contributed by atoms with E-state index in [1.165, 1.54) is 25.3 Å². The summed E-state index contributed by atoms with van der Waals surface area (Å²) < 4.78 is 19.2. The topological polar surface area (TPSA) is 41.5 Å². The normalized spacial score (nSPS) is 17.9. The lowest BCUT2D eigenvalue weighted by Gasteiger charge is -2.23. The predicted molar refractivity (Wildman–Crippen MR) is 81.4 cm³/mol. The number of anilines is 1. The van der Waals surface area contributed by atoms with E-state index in [0.717, 1.165) is 18.5 Å². The largest absolute Gasteiger partial charge is 0.389 e. The lowest BCUT2D eigenvalue weighted by Crippen LogP contribution is -2.28. The van der Waals surface area contributed by atoms with Gasteiger partial charge in [-0.25, -0.2) is 4.39 Å². The third-order valence-electron chi connectivity index (χ3n) is 3.54. The van der Waals surface area contributed by atoms with Gasteiger partial charge >= 0.3 is 0 Å². The minimum atomic E-state index is -0.555. The van der Waals surface area contributed by atoms with Crippen LogP contribution < -0.4 is 5.32 Å². The minimum absolute atomic E-state index is 0.295. The second-order valence-electron chi connectivity index (χ2n) is 5.26. The molecule has 1 aromatic carbocycles. The molecule has 1 fully saturated rings. The van der Waals surface area contributed by atoms with Gasteiger partial charge in [0, 0.05) is 12.2 Å². The summed E-state index contributed by atoms with van der Waals surface area (Å²) in [4.78, 5) is 0. The van der Waals surface area contributed by atoms with Crippen LogP contribution >= 0.6 is 15.9 Å². The highest BCUT2D eigenvalue weighted by molar-refractivity contribution is 9.10. The first-order valence-electron chi connectivity index (χ1n) is 7.14. The maximum atomic E-state index is 13.1. The Bertz CT molecular complexity index is 424. The van der Waals surface area contributed by atoms with E-state index in [2.05, 4.69) is 21.2 Å². The zero-order chi connectivity index (χ0) is 14.4.